The lowest BCUT2D eigenvalue weighted by Gasteiger charge is -1.98. The molecule has 1 nitrogen and oxygen atoms in total. The molecule has 1 heterocycles. The highest BCUT2D eigenvalue weighted by Crippen LogP contribution is 2.34. The van der Waals surface area contributed by atoms with Crippen LogP contribution in [0.4, 0.5) is 4.39 Å². The summed E-state index contributed by atoms with van der Waals surface area (Å²) in [6, 6.07) is 4.85. The van der Waals surface area contributed by atoms with E-state index in [0.717, 1.165) is 28.7 Å². The second-order valence-corrected chi connectivity index (χ2v) is 3.92. The summed E-state index contributed by atoms with van der Waals surface area (Å²) in [5.41, 5.74) is 1.08. The number of hydrogen-bond donors (Lipinski definition) is 1. The number of rotatable bonds is 1. The molecule has 2 aromatic rings. The van der Waals surface area contributed by atoms with Crippen LogP contribution >= 0.6 is 11.3 Å². The fourth-order valence-electron chi connectivity index (χ4n) is 1.44. The van der Waals surface area contributed by atoms with Crippen LogP contribution in [0, 0.1) is 5.82 Å². The fourth-order valence-corrected chi connectivity index (χ4v) is 2.29. The Kier molecular flexibility index (Phi) is 1.96. The Hall–Kier alpha value is -1.09. The molecule has 13 heavy (non-hydrogen) atoms. The van der Waals surface area contributed by atoms with Crippen molar-refractivity contribution >= 4 is 21.4 Å². The molecule has 0 unspecified atom stereocenters. The normalized spacial score (nSPS) is 10.9. The molecule has 0 saturated carbocycles. The lowest BCUT2D eigenvalue weighted by molar-refractivity contribution is 0.491. The molecule has 1 aromatic heterocycles. The molecule has 2 rings (SSSR count). The Bertz CT molecular complexity index is 447. The van der Waals surface area contributed by atoms with Crippen LogP contribution in [0.1, 0.15) is 12.5 Å². The zero-order valence-corrected chi connectivity index (χ0v) is 7.99. The smallest absolute Gasteiger partial charge is 0.172 e. The van der Waals surface area contributed by atoms with Crippen LogP contribution in [-0.2, 0) is 6.42 Å². The minimum atomic E-state index is -0.252. The van der Waals surface area contributed by atoms with Crippen molar-refractivity contribution in [2.75, 3.05) is 0 Å². The van der Waals surface area contributed by atoms with Gasteiger partial charge in [0.05, 0.1) is 4.70 Å². The first kappa shape index (κ1) is 8.51. The van der Waals surface area contributed by atoms with Crippen LogP contribution in [0.25, 0.3) is 10.1 Å². The predicted octanol–water partition coefficient (Wildman–Crippen LogP) is 3.31. The van der Waals surface area contributed by atoms with Crippen molar-refractivity contribution in [1.82, 2.24) is 0 Å². The van der Waals surface area contributed by atoms with Gasteiger partial charge < -0.3 is 5.11 Å². The van der Waals surface area contributed by atoms with Crippen molar-refractivity contribution in [2.45, 2.75) is 13.3 Å². The van der Waals surface area contributed by atoms with Crippen molar-refractivity contribution in [1.29, 1.82) is 0 Å². The van der Waals surface area contributed by atoms with E-state index in [1.807, 2.05) is 6.92 Å². The molecule has 0 fully saturated rings. The van der Waals surface area contributed by atoms with Gasteiger partial charge in [0, 0.05) is 5.39 Å². The first-order valence-corrected chi connectivity index (χ1v) is 4.94. The lowest BCUT2D eigenvalue weighted by Crippen LogP contribution is -1.82. The third-order valence-corrected chi connectivity index (χ3v) is 3.04. The van der Waals surface area contributed by atoms with Crippen molar-refractivity contribution < 1.29 is 9.50 Å². The molecule has 0 bridgehead atoms. The van der Waals surface area contributed by atoms with Crippen LogP contribution in [0.2, 0.25) is 0 Å². The van der Waals surface area contributed by atoms with Gasteiger partial charge in [-0.25, -0.2) is 4.39 Å². The van der Waals surface area contributed by atoms with Crippen molar-refractivity contribution in [3.63, 3.8) is 0 Å². The van der Waals surface area contributed by atoms with Crippen LogP contribution in [-0.4, -0.2) is 5.11 Å². The van der Waals surface area contributed by atoms with Gasteiger partial charge in [0.1, 0.15) is 5.82 Å². The molecular weight excluding hydrogens is 187 g/mol. The van der Waals surface area contributed by atoms with Gasteiger partial charge >= 0.3 is 0 Å². The monoisotopic (exact) mass is 196 g/mol. The summed E-state index contributed by atoms with van der Waals surface area (Å²) < 4.78 is 13.8. The molecule has 0 radical (unpaired) electrons. The average Bonchev–Trinajstić information content (AvgIpc) is 2.48. The maximum atomic E-state index is 13.2. The Morgan fingerprint density at radius 2 is 2.23 bits per heavy atom. The molecule has 0 saturated heterocycles. The molecule has 0 atom stereocenters. The quantitative estimate of drug-likeness (QED) is 0.741. The van der Waals surface area contributed by atoms with Gasteiger partial charge in [-0.2, -0.15) is 0 Å². The van der Waals surface area contributed by atoms with Crippen LogP contribution in [0.5, 0.6) is 5.06 Å². The Labute approximate surface area is 79.4 Å². The van der Waals surface area contributed by atoms with E-state index < -0.39 is 0 Å². The standard InChI is InChI=1S/C10H9FOS/c1-2-6-3-4-8(11)10-7(6)5-9(12)13-10/h3-5,12H,2H2,1H3. The molecule has 1 aromatic carbocycles. The first-order valence-electron chi connectivity index (χ1n) is 4.12. The van der Waals surface area contributed by atoms with Crippen LogP contribution < -0.4 is 0 Å². The van der Waals surface area contributed by atoms with Crippen LogP contribution in [0.3, 0.4) is 0 Å². The topological polar surface area (TPSA) is 20.2 Å². The van der Waals surface area contributed by atoms with Crippen LogP contribution in [0.15, 0.2) is 18.2 Å². The van der Waals surface area contributed by atoms with Gasteiger partial charge in [0.25, 0.3) is 0 Å². The number of benzene rings is 1. The molecular formula is C10H9FOS. The highest BCUT2D eigenvalue weighted by Gasteiger charge is 2.08. The molecule has 0 spiro atoms. The van der Waals surface area contributed by atoms with Crippen molar-refractivity contribution in [2.24, 2.45) is 0 Å². The second kappa shape index (κ2) is 3.00. The zero-order valence-electron chi connectivity index (χ0n) is 7.17. The third-order valence-electron chi connectivity index (χ3n) is 2.09. The maximum Gasteiger partial charge on any atom is 0.172 e. The molecule has 0 aliphatic heterocycles. The van der Waals surface area contributed by atoms with E-state index in [2.05, 4.69) is 0 Å². The number of fused-ring (bicyclic) bond motifs is 1. The molecule has 68 valence electrons. The van der Waals surface area contributed by atoms with E-state index in [0.29, 0.717) is 4.70 Å². The van der Waals surface area contributed by atoms with E-state index in [9.17, 15) is 9.50 Å². The van der Waals surface area contributed by atoms with Crippen molar-refractivity contribution in [3.05, 3.63) is 29.6 Å². The lowest BCUT2D eigenvalue weighted by atomic mass is 10.1. The van der Waals surface area contributed by atoms with Crippen molar-refractivity contribution in [3.8, 4) is 5.06 Å². The van der Waals surface area contributed by atoms with Gasteiger partial charge in [0.2, 0.25) is 0 Å². The van der Waals surface area contributed by atoms with Gasteiger partial charge in [-0.15, -0.1) is 0 Å². The van der Waals surface area contributed by atoms with Gasteiger partial charge in [-0.1, -0.05) is 24.3 Å². The van der Waals surface area contributed by atoms with E-state index in [1.165, 1.54) is 6.07 Å². The number of aryl methyl sites for hydroxylation is 1. The Balaban J connectivity index is 2.83. The zero-order chi connectivity index (χ0) is 9.42. The number of halogens is 1. The van der Waals surface area contributed by atoms with E-state index in [4.69, 9.17) is 0 Å². The molecule has 0 aliphatic rings. The highest BCUT2D eigenvalue weighted by molar-refractivity contribution is 7.20. The van der Waals surface area contributed by atoms with E-state index in [-0.39, 0.29) is 10.9 Å². The largest absolute Gasteiger partial charge is 0.499 e. The van der Waals surface area contributed by atoms with E-state index >= 15 is 0 Å². The summed E-state index contributed by atoms with van der Waals surface area (Å²) in [6.07, 6.45) is 0.854. The summed E-state index contributed by atoms with van der Waals surface area (Å²) >= 11 is 1.09. The summed E-state index contributed by atoms with van der Waals surface area (Å²) in [4.78, 5) is 0. The summed E-state index contributed by atoms with van der Waals surface area (Å²) in [6.45, 7) is 2.02. The molecule has 0 amide bonds. The molecule has 3 heteroatoms. The number of hydrogen-bond acceptors (Lipinski definition) is 2. The predicted molar refractivity (Wildman–Crippen MR) is 52.8 cm³/mol. The average molecular weight is 196 g/mol. The third kappa shape index (κ3) is 1.29. The van der Waals surface area contributed by atoms with Gasteiger partial charge in [-0.3, -0.25) is 0 Å². The maximum absolute atomic E-state index is 13.2. The van der Waals surface area contributed by atoms with Gasteiger partial charge in [0.15, 0.2) is 5.06 Å². The summed E-state index contributed by atoms with van der Waals surface area (Å²) in [5.74, 6) is -0.252. The number of thiophene rings is 1. The fraction of sp³-hybridized carbons (Fsp3) is 0.200. The highest BCUT2D eigenvalue weighted by atomic mass is 32.1. The molecule has 0 aliphatic carbocycles. The second-order valence-electron chi connectivity index (χ2n) is 2.89. The Morgan fingerprint density at radius 3 is 2.92 bits per heavy atom. The minimum Gasteiger partial charge on any atom is -0.499 e. The Morgan fingerprint density at radius 1 is 1.46 bits per heavy atom. The first-order chi connectivity index (χ1) is 6.22. The number of aromatic hydroxyl groups is 1. The van der Waals surface area contributed by atoms with Gasteiger partial charge in [-0.05, 0) is 24.1 Å². The van der Waals surface area contributed by atoms with E-state index in [1.54, 1.807) is 12.1 Å². The summed E-state index contributed by atoms with van der Waals surface area (Å²) in [7, 11) is 0. The molecule has 1 N–H and O–H groups in total. The minimum absolute atomic E-state index is 0.176. The summed E-state index contributed by atoms with van der Waals surface area (Å²) in [5, 5.41) is 10.3. The SMILES string of the molecule is CCc1ccc(F)c2sc(O)cc12.